The number of aromatic nitrogens is 2. The van der Waals surface area contributed by atoms with Crippen LogP contribution in [0, 0.1) is 17.1 Å². The van der Waals surface area contributed by atoms with Crippen molar-refractivity contribution in [1.82, 2.24) is 14.7 Å². The van der Waals surface area contributed by atoms with E-state index in [9.17, 15) is 14.2 Å². The Morgan fingerprint density at radius 3 is 2.22 bits per heavy atom. The maximum atomic E-state index is 14.1. The molecule has 0 spiro atoms. The predicted octanol–water partition coefficient (Wildman–Crippen LogP) is 6.99. The summed E-state index contributed by atoms with van der Waals surface area (Å²) in [5.41, 5.74) is 0.753. The van der Waals surface area contributed by atoms with E-state index in [1.807, 2.05) is 6.26 Å². The van der Waals surface area contributed by atoms with Crippen molar-refractivity contribution in [2.45, 2.75) is 64.2 Å². The number of rotatable bonds is 16. The van der Waals surface area contributed by atoms with E-state index in [-0.39, 0.29) is 24.6 Å². The molecule has 1 aromatic heterocycles. The number of nitrogens with zero attached hydrogens (tertiary/aromatic N) is 5. The van der Waals surface area contributed by atoms with Gasteiger partial charge in [-0.3, -0.25) is 4.57 Å². The summed E-state index contributed by atoms with van der Waals surface area (Å²) in [5.74, 6) is -1.23. The fraction of sp³-hybridized carbons (Fsp3) is 0.560. The number of thioether (sulfide) groups is 1. The van der Waals surface area contributed by atoms with E-state index in [0.29, 0.717) is 10.6 Å². The Balaban J connectivity index is 2.74. The molecule has 2 rings (SSSR count). The molecule has 11 heteroatoms. The van der Waals surface area contributed by atoms with Crippen LogP contribution >= 0.6 is 19.4 Å². The van der Waals surface area contributed by atoms with Crippen molar-refractivity contribution in [3.63, 3.8) is 0 Å². The Labute approximate surface area is 218 Å². The lowest BCUT2D eigenvalue weighted by Gasteiger charge is -2.27. The average Bonchev–Trinajstić information content (AvgIpc) is 3.22. The molecule has 0 aliphatic carbocycles. The predicted molar refractivity (Wildman–Crippen MR) is 144 cm³/mol. The number of hydrogen-bond donors (Lipinski definition) is 0. The zero-order valence-corrected chi connectivity index (χ0v) is 23.5. The lowest BCUT2D eigenvalue weighted by Crippen LogP contribution is -2.24. The lowest BCUT2D eigenvalue weighted by atomic mass is 10.2. The molecule has 0 bridgehead atoms. The van der Waals surface area contributed by atoms with Crippen LogP contribution in [0.2, 0.25) is 0 Å². The summed E-state index contributed by atoms with van der Waals surface area (Å²) < 4.78 is 40.7. The number of unbranched alkanes of at least 4 members (excludes halogenated alkanes) is 2. The summed E-state index contributed by atoms with van der Waals surface area (Å²) in [6.45, 7) is 9.66. The van der Waals surface area contributed by atoms with Gasteiger partial charge in [-0.25, -0.2) is 14.1 Å². The monoisotopic (exact) mass is 537 g/mol. The van der Waals surface area contributed by atoms with Crippen LogP contribution in [-0.4, -0.2) is 53.6 Å². The molecule has 36 heavy (non-hydrogen) atoms. The van der Waals surface area contributed by atoms with Gasteiger partial charge in [0.2, 0.25) is 0 Å². The highest BCUT2D eigenvalue weighted by Crippen LogP contribution is 2.62. The fourth-order valence-electron chi connectivity index (χ4n) is 3.66. The molecule has 1 heterocycles. The van der Waals surface area contributed by atoms with Crippen LogP contribution in [0.15, 0.2) is 34.3 Å². The van der Waals surface area contributed by atoms with Crippen LogP contribution < -0.4 is 0 Å². The van der Waals surface area contributed by atoms with E-state index in [2.05, 4.69) is 29.9 Å². The summed E-state index contributed by atoms with van der Waals surface area (Å²) in [6.07, 6.45) is 7.67. The first-order valence-corrected chi connectivity index (χ1v) is 15.2. The van der Waals surface area contributed by atoms with Gasteiger partial charge in [0.05, 0.1) is 19.6 Å². The first-order chi connectivity index (χ1) is 17.4. The second-order valence-corrected chi connectivity index (χ2v) is 10.9. The van der Waals surface area contributed by atoms with Gasteiger partial charge in [0.1, 0.15) is 22.5 Å². The minimum absolute atomic E-state index is 0.136. The Kier molecular flexibility index (Phi) is 12.7. The second kappa shape index (κ2) is 15.2. The Morgan fingerprint density at radius 1 is 1.17 bits per heavy atom. The molecule has 0 fully saturated rings. The zero-order valence-electron chi connectivity index (χ0n) is 21.8. The normalized spacial score (nSPS) is 12.7. The maximum Gasteiger partial charge on any atom is 0.359 e. The van der Waals surface area contributed by atoms with Gasteiger partial charge in [0, 0.05) is 13.1 Å². The molecule has 1 unspecified atom stereocenters. The average molecular weight is 538 g/mol. The van der Waals surface area contributed by atoms with Gasteiger partial charge in [0.15, 0.2) is 11.6 Å². The quantitative estimate of drug-likeness (QED) is 0.0986. The topological polar surface area (TPSA) is 92.7 Å². The smallest absolute Gasteiger partial charge is 0.359 e. The molecule has 0 amide bonds. The molecule has 8 nitrogen and oxygen atoms in total. The van der Waals surface area contributed by atoms with Gasteiger partial charge in [-0.1, -0.05) is 38.8 Å². The van der Waals surface area contributed by atoms with Gasteiger partial charge < -0.3 is 13.9 Å². The molecular formula is C25H37FN5O3PS. The van der Waals surface area contributed by atoms with E-state index < -0.39 is 19.2 Å². The number of halogens is 1. The Morgan fingerprint density at radius 2 is 1.75 bits per heavy atom. The molecular weight excluding hydrogens is 500 g/mol. The van der Waals surface area contributed by atoms with Gasteiger partial charge in [0.25, 0.3) is 0 Å². The molecule has 198 valence electrons. The number of aliphatic imine (C=N–C) groups is 1. The van der Waals surface area contributed by atoms with Crippen molar-refractivity contribution in [1.29, 1.82) is 5.26 Å². The molecule has 1 atom stereocenters. The largest absolute Gasteiger partial charge is 0.363 e. The van der Waals surface area contributed by atoms with Gasteiger partial charge in [-0.2, -0.15) is 10.4 Å². The number of hydrogen-bond acceptors (Lipinski definition) is 7. The van der Waals surface area contributed by atoms with Crippen LogP contribution in [0.1, 0.15) is 70.3 Å². The summed E-state index contributed by atoms with van der Waals surface area (Å²) in [4.78, 5) is 6.84. The molecule has 0 N–H and O–H groups in total. The molecule has 0 radical (unpaired) electrons. The molecule has 0 aliphatic heterocycles. The van der Waals surface area contributed by atoms with Crippen LogP contribution in [0.4, 0.5) is 10.2 Å². The van der Waals surface area contributed by atoms with Crippen LogP contribution in [0.5, 0.6) is 0 Å². The summed E-state index contributed by atoms with van der Waals surface area (Å²) in [6, 6.07) is 7.84. The van der Waals surface area contributed by atoms with Crippen molar-refractivity contribution >= 4 is 31.5 Å². The van der Waals surface area contributed by atoms with Crippen molar-refractivity contribution in [2.24, 2.45) is 4.99 Å². The SMILES string of the molecule is CCCCN(/C=N/c1c(C#N)c(SC)nn1C(c1ccc(F)cc1)P(=O)(OCC)OCC)CCCC. The summed E-state index contributed by atoms with van der Waals surface area (Å²) >= 11 is 1.30. The molecule has 1 aromatic carbocycles. The van der Waals surface area contributed by atoms with Crippen LogP contribution in [0.25, 0.3) is 0 Å². The van der Waals surface area contributed by atoms with Crippen molar-refractivity contribution in [3.05, 3.63) is 41.2 Å². The fourth-order valence-corrected chi connectivity index (χ4v) is 6.21. The minimum atomic E-state index is -3.85. The highest BCUT2D eigenvalue weighted by molar-refractivity contribution is 7.98. The first-order valence-electron chi connectivity index (χ1n) is 12.4. The Hall–Kier alpha value is -2.18. The lowest BCUT2D eigenvalue weighted by molar-refractivity contribution is 0.206. The number of benzene rings is 1. The van der Waals surface area contributed by atoms with Gasteiger partial charge >= 0.3 is 7.60 Å². The standard InChI is InChI=1S/C25H37FN5O3PS/c1-6-10-16-30(17-11-7-2)19-28-23-22(18-27)24(36-5)29-31(23)25(20-12-14-21(26)15-13-20)35(32,33-8-3)34-9-4/h12-15,19,25H,6-11,16-17H2,1-5H3/b28-19+. The molecule has 0 aliphatic rings. The molecule has 0 saturated heterocycles. The van der Waals surface area contributed by atoms with Crippen molar-refractivity contribution < 1.29 is 18.0 Å². The van der Waals surface area contributed by atoms with E-state index in [1.54, 1.807) is 20.2 Å². The zero-order chi connectivity index (χ0) is 26.6. The summed E-state index contributed by atoms with van der Waals surface area (Å²) in [5, 5.41) is 15.1. The highest BCUT2D eigenvalue weighted by atomic mass is 32.2. The van der Waals surface area contributed by atoms with Crippen molar-refractivity contribution in [3.8, 4) is 6.07 Å². The van der Waals surface area contributed by atoms with E-state index in [0.717, 1.165) is 38.8 Å². The highest BCUT2D eigenvalue weighted by Gasteiger charge is 2.41. The molecule has 2 aromatic rings. The third kappa shape index (κ3) is 7.66. The van der Waals surface area contributed by atoms with Crippen LogP contribution in [-0.2, 0) is 13.6 Å². The third-order valence-electron chi connectivity index (χ3n) is 5.42. The third-order valence-corrected chi connectivity index (χ3v) is 8.44. The molecule has 0 saturated carbocycles. The minimum Gasteiger partial charge on any atom is -0.363 e. The van der Waals surface area contributed by atoms with Gasteiger partial charge in [-0.05, 0) is 50.6 Å². The van der Waals surface area contributed by atoms with E-state index in [4.69, 9.17) is 14.0 Å². The summed E-state index contributed by atoms with van der Waals surface area (Å²) in [7, 11) is -3.85. The van der Waals surface area contributed by atoms with E-state index >= 15 is 0 Å². The number of nitriles is 1. The second-order valence-electron chi connectivity index (χ2n) is 8.05. The van der Waals surface area contributed by atoms with E-state index in [1.165, 1.54) is 40.7 Å². The van der Waals surface area contributed by atoms with Crippen molar-refractivity contribution in [2.75, 3.05) is 32.6 Å². The first kappa shape index (κ1) is 30.0. The van der Waals surface area contributed by atoms with Crippen LogP contribution in [0.3, 0.4) is 0 Å². The maximum absolute atomic E-state index is 14.1. The van der Waals surface area contributed by atoms with Gasteiger partial charge in [-0.15, -0.1) is 11.8 Å². The Bertz CT molecular complexity index is 1050.